The zero-order valence-electron chi connectivity index (χ0n) is 14.8. The van der Waals surface area contributed by atoms with Crippen LogP contribution in [-0.4, -0.2) is 59.0 Å². The van der Waals surface area contributed by atoms with Gasteiger partial charge in [0.15, 0.2) is 0 Å². The largest absolute Gasteiger partial charge is 0.480 e. The van der Waals surface area contributed by atoms with Gasteiger partial charge in [0.05, 0.1) is 0 Å². The number of nitrogens with zero attached hydrogens (tertiary/aromatic N) is 2. The summed E-state index contributed by atoms with van der Waals surface area (Å²) in [6.45, 7) is 4.20. The predicted molar refractivity (Wildman–Crippen MR) is 98.9 cm³/mol. The van der Waals surface area contributed by atoms with Crippen molar-refractivity contribution in [2.75, 3.05) is 26.2 Å². The van der Waals surface area contributed by atoms with Crippen LogP contribution in [0.5, 0.6) is 0 Å². The molecular formula is C19H27ClN2O3. The van der Waals surface area contributed by atoms with Gasteiger partial charge in [-0.3, -0.25) is 9.59 Å². The lowest BCUT2D eigenvalue weighted by Gasteiger charge is -2.29. The Hall–Kier alpha value is -1.59. The molecule has 0 saturated carbocycles. The van der Waals surface area contributed by atoms with Crippen molar-refractivity contribution in [1.29, 1.82) is 0 Å². The molecule has 0 bridgehead atoms. The number of amides is 1. The molecule has 1 N–H and O–H groups in total. The van der Waals surface area contributed by atoms with Crippen LogP contribution in [0, 0.1) is 0 Å². The monoisotopic (exact) mass is 366 g/mol. The number of carbonyl (C=O) groups excluding carboxylic acids is 1. The van der Waals surface area contributed by atoms with Crippen LogP contribution in [0.1, 0.15) is 38.2 Å². The molecule has 138 valence electrons. The van der Waals surface area contributed by atoms with E-state index in [0.29, 0.717) is 0 Å². The minimum Gasteiger partial charge on any atom is -0.480 e. The number of benzene rings is 1. The molecular weight excluding hydrogens is 340 g/mol. The van der Waals surface area contributed by atoms with E-state index >= 15 is 0 Å². The molecule has 0 unspecified atom stereocenters. The third-order valence-electron chi connectivity index (χ3n) is 4.79. The normalized spacial score (nSPS) is 18.6. The van der Waals surface area contributed by atoms with E-state index in [9.17, 15) is 9.59 Å². The molecule has 1 aromatic carbocycles. The second-order valence-electron chi connectivity index (χ2n) is 6.70. The highest BCUT2D eigenvalue weighted by atomic mass is 35.5. The van der Waals surface area contributed by atoms with Gasteiger partial charge in [-0.05, 0) is 62.9 Å². The summed E-state index contributed by atoms with van der Waals surface area (Å²) in [4.78, 5) is 26.7. The summed E-state index contributed by atoms with van der Waals surface area (Å²) in [6, 6.07) is 8.02. The van der Waals surface area contributed by atoms with Crippen molar-refractivity contribution in [3.8, 4) is 0 Å². The van der Waals surface area contributed by atoms with E-state index in [-0.39, 0.29) is 18.5 Å². The van der Waals surface area contributed by atoms with Crippen molar-refractivity contribution >= 4 is 23.5 Å². The highest BCUT2D eigenvalue weighted by molar-refractivity contribution is 6.30. The van der Waals surface area contributed by atoms with Gasteiger partial charge in [0.25, 0.3) is 0 Å². The number of aliphatic carboxylic acids is 1. The first-order chi connectivity index (χ1) is 12.0. The van der Waals surface area contributed by atoms with E-state index in [1.165, 1.54) is 17.4 Å². The van der Waals surface area contributed by atoms with Crippen molar-refractivity contribution in [2.45, 2.75) is 45.1 Å². The van der Waals surface area contributed by atoms with Crippen LogP contribution in [0.2, 0.25) is 5.02 Å². The predicted octanol–water partition coefficient (Wildman–Crippen LogP) is 3.06. The lowest BCUT2D eigenvalue weighted by Crippen LogP contribution is -2.42. The van der Waals surface area contributed by atoms with Gasteiger partial charge in [-0.2, -0.15) is 0 Å². The molecule has 0 aromatic heterocycles. The van der Waals surface area contributed by atoms with Crippen LogP contribution in [0.3, 0.4) is 0 Å². The Kier molecular flexibility index (Phi) is 7.72. The molecule has 0 aliphatic carbocycles. The highest BCUT2D eigenvalue weighted by Gasteiger charge is 2.25. The summed E-state index contributed by atoms with van der Waals surface area (Å²) in [5.74, 6) is -1.09. The Balaban J connectivity index is 1.79. The van der Waals surface area contributed by atoms with Crippen LogP contribution in [0.4, 0.5) is 0 Å². The fraction of sp³-hybridized carbons (Fsp3) is 0.579. The number of rotatable bonds is 7. The number of hydrogen-bond donors (Lipinski definition) is 1. The molecule has 0 radical (unpaired) electrons. The van der Waals surface area contributed by atoms with Crippen LogP contribution < -0.4 is 0 Å². The van der Waals surface area contributed by atoms with Crippen molar-refractivity contribution < 1.29 is 14.7 Å². The molecule has 1 aliphatic rings. The maximum absolute atomic E-state index is 11.8. The third-order valence-corrected chi connectivity index (χ3v) is 5.05. The van der Waals surface area contributed by atoms with Gasteiger partial charge >= 0.3 is 5.97 Å². The number of likely N-dealkylation sites (tertiary alicyclic amines) is 1. The van der Waals surface area contributed by atoms with Crippen LogP contribution in [0.15, 0.2) is 24.3 Å². The Bertz CT molecular complexity index is 577. The van der Waals surface area contributed by atoms with Crippen LogP contribution in [-0.2, 0) is 16.0 Å². The molecule has 1 saturated heterocycles. The standard InChI is InChI=1S/C19H27ClN2O3/c1-15(23)22(14-19(24)25)18-5-3-12-21(13-10-18)11-2-4-16-6-8-17(20)9-7-16/h6-9,18H,2-5,10-14H2,1H3,(H,24,25)/t18-/m0/s1. The average Bonchev–Trinajstić information content (AvgIpc) is 2.80. The van der Waals surface area contributed by atoms with Crippen molar-refractivity contribution in [3.63, 3.8) is 0 Å². The summed E-state index contributed by atoms with van der Waals surface area (Å²) >= 11 is 5.91. The molecule has 1 aromatic rings. The quantitative estimate of drug-likeness (QED) is 0.805. The Morgan fingerprint density at radius 1 is 1.24 bits per heavy atom. The van der Waals surface area contributed by atoms with E-state index < -0.39 is 5.97 Å². The maximum Gasteiger partial charge on any atom is 0.323 e. The van der Waals surface area contributed by atoms with Crippen molar-refractivity contribution in [2.24, 2.45) is 0 Å². The number of carboxylic acids is 1. The molecule has 1 heterocycles. The first kappa shape index (κ1) is 19.7. The summed E-state index contributed by atoms with van der Waals surface area (Å²) in [7, 11) is 0. The van der Waals surface area contributed by atoms with Gasteiger partial charge in [-0.25, -0.2) is 0 Å². The first-order valence-corrected chi connectivity index (χ1v) is 9.29. The molecule has 6 heteroatoms. The second kappa shape index (κ2) is 9.78. The number of carboxylic acid groups (broad SMARTS) is 1. The summed E-state index contributed by atoms with van der Waals surface area (Å²) in [6.07, 6.45) is 4.82. The summed E-state index contributed by atoms with van der Waals surface area (Å²) in [5.41, 5.74) is 1.29. The Morgan fingerprint density at radius 3 is 2.60 bits per heavy atom. The highest BCUT2D eigenvalue weighted by Crippen LogP contribution is 2.18. The average molecular weight is 367 g/mol. The summed E-state index contributed by atoms with van der Waals surface area (Å²) < 4.78 is 0. The second-order valence-corrected chi connectivity index (χ2v) is 7.13. The van der Waals surface area contributed by atoms with E-state index in [1.54, 1.807) is 0 Å². The zero-order chi connectivity index (χ0) is 18.2. The van der Waals surface area contributed by atoms with Gasteiger partial charge < -0.3 is 14.9 Å². The third kappa shape index (κ3) is 6.67. The molecule has 1 atom stereocenters. The minimum absolute atomic E-state index is 0.0369. The van der Waals surface area contributed by atoms with Crippen molar-refractivity contribution in [1.82, 2.24) is 9.80 Å². The van der Waals surface area contributed by atoms with Gasteiger partial charge in [0, 0.05) is 24.5 Å². The van der Waals surface area contributed by atoms with E-state index in [1.807, 2.05) is 12.1 Å². The lowest BCUT2D eigenvalue weighted by molar-refractivity contribution is -0.145. The number of hydrogen-bond acceptors (Lipinski definition) is 3. The molecule has 1 amide bonds. The number of aryl methyl sites for hydroxylation is 1. The van der Waals surface area contributed by atoms with Gasteiger partial charge in [0.1, 0.15) is 6.54 Å². The molecule has 5 nitrogen and oxygen atoms in total. The first-order valence-electron chi connectivity index (χ1n) is 8.91. The molecule has 0 spiro atoms. The number of carbonyl (C=O) groups is 2. The van der Waals surface area contributed by atoms with Crippen LogP contribution >= 0.6 is 11.6 Å². The Labute approximate surface area is 154 Å². The molecule has 1 aliphatic heterocycles. The fourth-order valence-corrected chi connectivity index (χ4v) is 3.60. The zero-order valence-corrected chi connectivity index (χ0v) is 15.5. The summed E-state index contributed by atoms with van der Waals surface area (Å²) in [5, 5.41) is 9.78. The maximum atomic E-state index is 11.8. The molecule has 2 rings (SSSR count). The SMILES string of the molecule is CC(=O)N(CC(=O)O)[C@H]1CCCN(CCCc2ccc(Cl)cc2)CC1. The lowest BCUT2D eigenvalue weighted by atomic mass is 10.1. The van der Waals surface area contributed by atoms with Gasteiger partial charge in [-0.1, -0.05) is 23.7 Å². The van der Waals surface area contributed by atoms with Crippen molar-refractivity contribution in [3.05, 3.63) is 34.9 Å². The van der Waals surface area contributed by atoms with E-state index in [0.717, 1.165) is 56.8 Å². The smallest absolute Gasteiger partial charge is 0.323 e. The van der Waals surface area contributed by atoms with E-state index in [4.69, 9.17) is 16.7 Å². The minimum atomic E-state index is -0.945. The van der Waals surface area contributed by atoms with E-state index in [2.05, 4.69) is 17.0 Å². The topological polar surface area (TPSA) is 60.9 Å². The molecule has 1 fully saturated rings. The van der Waals surface area contributed by atoms with Gasteiger partial charge in [0.2, 0.25) is 5.91 Å². The Morgan fingerprint density at radius 2 is 1.96 bits per heavy atom. The fourth-order valence-electron chi connectivity index (χ4n) is 3.47. The van der Waals surface area contributed by atoms with Crippen LogP contribution in [0.25, 0.3) is 0 Å². The molecule has 25 heavy (non-hydrogen) atoms. The van der Waals surface area contributed by atoms with Gasteiger partial charge in [-0.15, -0.1) is 0 Å². The number of halogens is 1.